The predicted molar refractivity (Wildman–Crippen MR) is 258 cm³/mol. The molecule has 23 heteroatoms. The predicted octanol–water partition coefficient (Wildman–Crippen LogP) is -2.43. The Kier molecular flexibility index (Phi) is 16.5. The second kappa shape index (κ2) is 21.3. The first-order valence-corrected chi connectivity index (χ1v) is 27.4. The number of hydrogen-bond donors (Lipinski definition) is 14. The summed E-state index contributed by atoms with van der Waals surface area (Å²) in [5.41, 5.74) is -2.56. The molecule has 436 valence electrons. The number of ether oxygens (including phenoxy) is 8. The Labute approximate surface area is 442 Å². The van der Waals surface area contributed by atoms with Crippen LogP contribution in [0.3, 0.4) is 0 Å². The molecule has 0 aromatic carbocycles. The number of rotatable bonds is 11. The van der Waals surface area contributed by atoms with Gasteiger partial charge >= 0.3 is 5.97 Å². The first-order chi connectivity index (χ1) is 35.6. The van der Waals surface area contributed by atoms with Crippen molar-refractivity contribution in [1.82, 2.24) is 0 Å². The van der Waals surface area contributed by atoms with E-state index in [1.165, 1.54) is 0 Å². The van der Waals surface area contributed by atoms with Crippen LogP contribution < -0.4 is 0 Å². The third-order valence-electron chi connectivity index (χ3n) is 21.3. The summed E-state index contributed by atoms with van der Waals surface area (Å²) in [7, 11) is 0. The maximum atomic E-state index is 14.8. The van der Waals surface area contributed by atoms with E-state index in [4.69, 9.17) is 37.9 Å². The average Bonchev–Trinajstić information content (AvgIpc) is 3.45. The molecule has 0 amide bonds. The number of carbonyl (C=O) groups excluding carboxylic acids is 1. The quantitative estimate of drug-likeness (QED) is 0.0581. The van der Waals surface area contributed by atoms with E-state index in [9.17, 15) is 76.3 Å². The zero-order valence-electron chi connectivity index (χ0n) is 44.6. The van der Waals surface area contributed by atoms with Crippen LogP contribution in [0.1, 0.15) is 106 Å². The standard InChI is InChI=1S/C53H86O23/c1-48(2)14-16-53(47(68)76-45-39(66)36(63)33(60)25(19-55)71-45)17-15-51(6)22(30(53)42(48)67)8-9-28-50(5)12-11-29(49(3,4)27(50)10-13-52(28,51)7)73-46-41(75-43-37(64)31(58)23(57)21-69-43)40(34(61)26(20-56)72-46)74-44-38(65)35(62)32(59)24(18-54)70-44/h8,23-46,54-67H,9-21H2,1-7H3. The van der Waals surface area contributed by atoms with Gasteiger partial charge in [-0.3, -0.25) is 4.79 Å². The maximum absolute atomic E-state index is 14.8. The van der Waals surface area contributed by atoms with Crippen LogP contribution in [0.2, 0.25) is 0 Å². The van der Waals surface area contributed by atoms with Crippen LogP contribution in [0.25, 0.3) is 0 Å². The molecular weight excluding hydrogens is 1000 g/mol. The minimum Gasteiger partial charge on any atom is -0.432 e. The van der Waals surface area contributed by atoms with E-state index >= 15 is 0 Å². The minimum absolute atomic E-state index is 0.0225. The zero-order valence-corrected chi connectivity index (χ0v) is 44.6. The molecule has 8 fully saturated rings. The highest BCUT2D eigenvalue weighted by Crippen LogP contribution is 2.76. The molecule has 4 saturated heterocycles. The molecule has 0 radical (unpaired) electrons. The molecule has 9 aliphatic rings. The molecule has 0 bridgehead atoms. The number of allylic oxidation sites excluding steroid dienone is 1. The smallest absolute Gasteiger partial charge is 0.315 e. The third kappa shape index (κ3) is 9.27. The maximum Gasteiger partial charge on any atom is 0.315 e. The average molecular weight is 1090 g/mol. The molecule has 4 saturated carbocycles. The van der Waals surface area contributed by atoms with Crippen LogP contribution in [0.5, 0.6) is 0 Å². The van der Waals surface area contributed by atoms with Gasteiger partial charge in [0, 0.05) is 5.92 Å². The molecule has 28 atom stereocenters. The zero-order chi connectivity index (χ0) is 55.6. The number of esters is 1. The molecule has 28 unspecified atom stereocenters. The van der Waals surface area contributed by atoms with Crippen LogP contribution >= 0.6 is 0 Å². The van der Waals surface area contributed by atoms with Gasteiger partial charge in [0.05, 0.1) is 44.1 Å². The van der Waals surface area contributed by atoms with Crippen molar-refractivity contribution < 1.29 is 114 Å². The van der Waals surface area contributed by atoms with E-state index < -0.39 is 189 Å². The second-order valence-corrected chi connectivity index (χ2v) is 25.8. The molecule has 14 N–H and O–H groups in total. The van der Waals surface area contributed by atoms with E-state index in [0.717, 1.165) is 18.4 Å². The van der Waals surface area contributed by atoms with E-state index in [2.05, 4.69) is 40.7 Å². The SMILES string of the molecule is CC1(C)CCC2(C(=O)OC3OC(CO)C(O)C(O)C3O)CCC3(C)C(=CCC4C5(C)CCC(OC6OC(CO)C(O)C(OC7OC(CO)C(O)C(O)C7O)C6OC6OCC(O)C(O)C6O)C(C)(C)C5CCC43C)C2C1O. The van der Waals surface area contributed by atoms with Crippen molar-refractivity contribution in [3.8, 4) is 0 Å². The molecule has 0 spiro atoms. The fraction of sp³-hybridized carbons (Fsp3) is 0.943. The number of aliphatic hydroxyl groups is 14. The summed E-state index contributed by atoms with van der Waals surface area (Å²) in [5, 5.41) is 151. The number of hydrogen-bond acceptors (Lipinski definition) is 23. The van der Waals surface area contributed by atoms with Gasteiger partial charge < -0.3 is 109 Å². The lowest BCUT2D eigenvalue weighted by atomic mass is 9.33. The summed E-state index contributed by atoms with van der Waals surface area (Å²) in [6.45, 7) is 12.5. The minimum atomic E-state index is -1.91. The largest absolute Gasteiger partial charge is 0.432 e. The van der Waals surface area contributed by atoms with Gasteiger partial charge in [0.2, 0.25) is 6.29 Å². The van der Waals surface area contributed by atoms with E-state index in [1.807, 2.05) is 13.8 Å². The molecular formula is C53H86O23. The lowest BCUT2D eigenvalue weighted by molar-refractivity contribution is -0.395. The van der Waals surface area contributed by atoms with Gasteiger partial charge in [0.25, 0.3) is 0 Å². The Hall–Kier alpha value is -1.63. The second-order valence-electron chi connectivity index (χ2n) is 25.8. The van der Waals surface area contributed by atoms with Crippen molar-refractivity contribution in [3.05, 3.63) is 11.6 Å². The molecule has 0 aromatic rings. The first-order valence-electron chi connectivity index (χ1n) is 27.4. The Bertz CT molecular complexity index is 2090. The van der Waals surface area contributed by atoms with Crippen molar-refractivity contribution in [3.63, 3.8) is 0 Å². The Morgan fingerprint density at radius 1 is 0.566 bits per heavy atom. The van der Waals surface area contributed by atoms with Gasteiger partial charge in [0.1, 0.15) is 91.6 Å². The van der Waals surface area contributed by atoms with Crippen LogP contribution in [0, 0.1) is 50.2 Å². The van der Waals surface area contributed by atoms with E-state index in [1.54, 1.807) is 0 Å². The Morgan fingerprint density at radius 2 is 1.12 bits per heavy atom. The van der Waals surface area contributed by atoms with Gasteiger partial charge in [-0.25, -0.2) is 0 Å². The van der Waals surface area contributed by atoms with Crippen molar-refractivity contribution in [1.29, 1.82) is 0 Å². The van der Waals surface area contributed by atoms with Crippen molar-refractivity contribution in [2.75, 3.05) is 26.4 Å². The molecule has 4 aliphatic heterocycles. The van der Waals surface area contributed by atoms with Crippen molar-refractivity contribution >= 4 is 5.97 Å². The summed E-state index contributed by atoms with van der Waals surface area (Å²) in [5.74, 6) is -1.21. The summed E-state index contributed by atoms with van der Waals surface area (Å²) < 4.78 is 48.6. The third-order valence-corrected chi connectivity index (χ3v) is 21.3. The fourth-order valence-corrected chi connectivity index (χ4v) is 16.2. The number of carbonyl (C=O) groups is 1. The topological polar surface area (TPSA) is 374 Å². The highest BCUT2D eigenvalue weighted by Gasteiger charge is 2.71. The van der Waals surface area contributed by atoms with Crippen molar-refractivity contribution in [2.45, 2.75) is 235 Å². The Morgan fingerprint density at radius 3 is 1.75 bits per heavy atom. The van der Waals surface area contributed by atoms with Crippen LogP contribution in [0.4, 0.5) is 0 Å². The van der Waals surface area contributed by atoms with Gasteiger partial charge in [-0.15, -0.1) is 0 Å². The summed E-state index contributed by atoms with van der Waals surface area (Å²) in [4.78, 5) is 14.8. The van der Waals surface area contributed by atoms with Gasteiger partial charge in [-0.2, -0.15) is 0 Å². The summed E-state index contributed by atoms with van der Waals surface area (Å²) >= 11 is 0. The molecule has 23 nitrogen and oxygen atoms in total. The van der Waals surface area contributed by atoms with E-state index in [0.29, 0.717) is 44.9 Å². The highest BCUT2D eigenvalue weighted by molar-refractivity contribution is 5.79. The molecule has 9 rings (SSSR count). The molecule has 76 heavy (non-hydrogen) atoms. The van der Waals surface area contributed by atoms with Crippen LogP contribution in [-0.2, 0) is 42.7 Å². The first kappa shape index (κ1) is 59.0. The van der Waals surface area contributed by atoms with Crippen LogP contribution in [0.15, 0.2) is 11.6 Å². The van der Waals surface area contributed by atoms with E-state index in [-0.39, 0.29) is 22.7 Å². The molecule has 4 heterocycles. The van der Waals surface area contributed by atoms with Gasteiger partial charge in [-0.05, 0) is 96.7 Å². The summed E-state index contributed by atoms with van der Waals surface area (Å²) in [6.07, 6.45) is -25.5. The van der Waals surface area contributed by atoms with Crippen molar-refractivity contribution in [2.24, 2.45) is 50.2 Å². The fourth-order valence-electron chi connectivity index (χ4n) is 16.2. The summed E-state index contributed by atoms with van der Waals surface area (Å²) in [6, 6.07) is 0. The van der Waals surface area contributed by atoms with Crippen LogP contribution in [-0.4, -0.2) is 233 Å². The lowest BCUT2D eigenvalue weighted by Gasteiger charge is -2.71. The molecule has 0 aromatic heterocycles. The number of fused-ring (bicyclic) bond motifs is 7. The number of aliphatic hydroxyl groups excluding tert-OH is 14. The highest BCUT2D eigenvalue weighted by atomic mass is 16.8. The Balaban J connectivity index is 0.997. The molecule has 5 aliphatic carbocycles. The normalized spacial score (nSPS) is 54.0. The lowest BCUT2D eigenvalue weighted by Crippen LogP contribution is -2.68. The monoisotopic (exact) mass is 1090 g/mol. The van der Waals surface area contributed by atoms with Gasteiger partial charge in [0.15, 0.2) is 18.9 Å². The van der Waals surface area contributed by atoms with Gasteiger partial charge in [-0.1, -0.05) is 60.1 Å².